The fourth-order valence-electron chi connectivity index (χ4n) is 3.89. The summed E-state index contributed by atoms with van der Waals surface area (Å²) in [6.07, 6.45) is 9.03. The van der Waals surface area contributed by atoms with Crippen molar-refractivity contribution < 1.29 is 14.3 Å². The van der Waals surface area contributed by atoms with Gasteiger partial charge in [0.05, 0.1) is 25.5 Å². The fraction of sp³-hybridized carbons (Fsp3) is 0.333. The molecule has 1 aromatic carbocycles. The van der Waals surface area contributed by atoms with E-state index < -0.39 is 0 Å². The van der Waals surface area contributed by atoms with E-state index in [-0.39, 0.29) is 5.91 Å². The lowest BCUT2D eigenvalue weighted by atomic mass is 10.0. The Kier molecular flexibility index (Phi) is 6.72. The number of thiophene rings is 1. The maximum absolute atomic E-state index is 13.5. The summed E-state index contributed by atoms with van der Waals surface area (Å²) < 4.78 is 10.8. The van der Waals surface area contributed by atoms with Crippen molar-refractivity contribution in [2.75, 3.05) is 24.9 Å². The minimum Gasteiger partial charge on any atom is -0.497 e. The van der Waals surface area contributed by atoms with E-state index in [1.807, 2.05) is 24.4 Å². The first-order valence-corrected chi connectivity index (χ1v) is 11.3. The molecule has 0 saturated carbocycles. The molecule has 3 aromatic rings. The van der Waals surface area contributed by atoms with Crippen molar-refractivity contribution in [2.24, 2.45) is 0 Å². The number of carbonyl (C=O) groups excluding carboxylic acids is 1. The number of methoxy groups -OCH3 is 2. The third-order valence-corrected chi connectivity index (χ3v) is 6.73. The van der Waals surface area contributed by atoms with E-state index in [9.17, 15) is 4.79 Å². The average molecular weight is 438 g/mol. The summed E-state index contributed by atoms with van der Waals surface area (Å²) in [6, 6.07) is 9.34. The van der Waals surface area contributed by atoms with E-state index in [1.165, 1.54) is 23.3 Å². The monoisotopic (exact) mass is 437 g/mol. The van der Waals surface area contributed by atoms with Crippen LogP contribution < -0.4 is 20.1 Å². The van der Waals surface area contributed by atoms with Gasteiger partial charge in [0.2, 0.25) is 0 Å². The molecular formula is C24H27N3O3S. The zero-order valence-corrected chi connectivity index (χ0v) is 18.7. The molecule has 1 amide bonds. The van der Waals surface area contributed by atoms with Gasteiger partial charge in [0.1, 0.15) is 16.5 Å². The lowest BCUT2D eigenvalue weighted by Gasteiger charge is -2.14. The van der Waals surface area contributed by atoms with Crippen LogP contribution in [0.15, 0.2) is 42.7 Å². The van der Waals surface area contributed by atoms with Gasteiger partial charge in [0.25, 0.3) is 5.91 Å². The third-order valence-electron chi connectivity index (χ3n) is 5.48. The number of hydrogen-bond donors (Lipinski definition) is 2. The normalized spacial score (nSPS) is 13.1. The third kappa shape index (κ3) is 4.82. The van der Waals surface area contributed by atoms with Crippen molar-refractivity contribution in [1.82, 2.24) is 4.98 Å². The van der Waals surface area contributed by atoms with Crippen LogP contribution in [0.3, 0.4) is 0 Å². The number of hydrogen-bond acceptors (Lipinski definition) is 6. The molecule has 0 fully saturated rings. The Bertz CT molecular complexity index is 1050. The second-order valence-electron chi connectivity index (χ2n) is 7.50. The van der Waals surface area contributed by atoms with Crippen molar-refractivity contribution in [3.05, 3.63) is 64.3 Å². The summed E-state index contributed by atoms with van der Waals surface area (Å²) in [4.78, 5) is 19.0. The van der Waals surface area contributed by atoms with E-state index in [0.29, 0.717) is 23.7 Å². The molecule has 0 aliphatic heterocycles. The second kappa shape index (κ2) is 9.83. The van der Waals surface area contributed by atoms with Gasteiger partial charge in [-0.3, -0.25) is 9.78 Å². The number of nitrogens with zero attached hydrogens (tertiary/aromatic N) is 1. The molecule has 0 radical (unpaired) electrons. The molecule has 162 valence electrons. The molecule has 0 saturated heterocycles. The number of fused-ring (bicyclic) bond motifs is 1. The van der Waals surface area contributed by atoms with Gasteiger partial charge in [0.15, 0.2) is 0 Å². The Hall–Kier alpha value is -3.06. The van der Waals surface area contributed by atoms with Crippen molar-refractivity contribution in [2.45, 2.75) is 38.6 Å². The van der Waals surface area contributed by atoms with Gasteiger partial charge in [-0.1, -0.05) is 12.5 Å². The van der Waals surface area contributed by atoms with E-state index in [1.54, 1.807) is 43.9 Å². The number of aromatic nitrogens is 1. The number of rotatable bonds is 7. The van der Waals surface area contributed by atoms with Crippen LogP contribution in [0.4, 0.5) is 10.7 Å². The summed E-state index contributed by atoms with van der Waals surface area (Å²) in [5, 5.41) is 7.46. The Balaban J connectivity index is 1.65. The number of amides is 1. The van der Waals surface area contributed by atoms with E-state index >= 15 is 0 Å². The van der Waals surface area contributed by atoms with Crippen LogP contribution in [-0.4, -0.2) is 25.1 Å². The maximum atomic E-state index is 13.5. The maximum Gasteiger partial charge on any atom is 0.259 e. The predicted molar refractivity (Wildman–Crippen MR) is 125 cm³/mol. The molecule has 1 aliphatic carbocycles. The molecule has 0 atom stereocenters. The molecule has 6 nitrogen and oxygen atoms in total. The fourth-order valence-corrected chi connectivity index (χ4v) is 5.17. The number of aryl methyl sites for hydroxylation is 1. The minimum atomic E-state index is -0.125. The van der Waals surface area contributed by atoms with Crippen LogP contribution in [0.1, 0.15) is 45.6 Å². The van der Waals surface area contributed by atoms with Crippen molar-refractivity contribution >= 4 is 27.9 Å². The van der Waals surface area contributed by atoms with Gasteiger partial charge in [-0.05, 0) is 55.0 Å². The smallest absolute Gasteiger partial charge is 0.259 e. The van der Waals surface area contributed by atoms with Crippen LogP contribution in [0, 0.1) is 0 Å². The van der Waals surface area contributed by atoms with Gasteiger partial charge in [-0.2, -0.15) is 0 Å². The minimum absolute atomic E-state index is 0.125. The topological polar surface area (TPSA) is 72.5 Å². The molecule has 31 heavy (non-hydrogen) atoms. The van der Waals surface area contributed by atoms with Crippen LogP contribution >= 0.6 is 11.3 Å². The average Bonchev–Trinajstić information content (AvgIpc) is 2.99. The SMILES string of the molecule is COc1ccc(OC)c(NC(=O)c2c(NCc3cccnc3)sc3c2CCCCC3)c1. The lowest BCUT2D eigenvalue weighted by molar-refractivity contribution is 0.102. The van der Waals surface area contributed by atoms with Crippen molar-refractivity contribution in [3.63, 3.8) is 0 Å². The first-order valence-electron chi connectivity index (χ1n) is 10.5. The molecule has 0 unspecified atom stereocenters. The molecule has 0 spiro atoms. The summed E-state index contributed by atoms with van der Waals surface area (Å²) in [6.45, 7) is 0.621. The first kappa shape index (κ1) is 21.2. The van der Waals surface area contributed by atoms with E-state index in [4.69, 9.17) is 9.47 Å². The highest BCUT2D eigenvalue weighted by atomic mass is 32.1. The zero-order chi connectivity index (χ0) is 21.6. The summed E-state index contributed by atoms with van der Waals surface area (Å²) in [5.41, 5.74) is 3.59. The molecule has 0 bridgehead atoms. The highest BCUT2D eigenvalue weighted by Gasteiger charge is 2.25. The number of ether oxygens (including phenoxy) is 2. The zero-order valence-electron chi connectivity index (χ0n) is 17.9. The molecule has 2 aromatic heterocycles. The summed E-state index contributed by atoms with van der Waals surface area (Å²) >= 11 is 1.70. The van der Waals surface area contributed by atoms with Gasteiger partial charge in [0, 0.05) is 29.9 Å². The summed E-state index contributed by atoms with van der Waals surface area (Å²) in [5.74, 6) is 1.13. The Labute approximate surface area is 186 Å². The molecule has 2 N–H and O–H groups in total. The molecule has 4 rings (SSSR count). The number of carbonyl (C=O) groups is 1. The van der Waals surface area contributed by atoms with Gasteiger partial charge >= 0.3 is 0 Å². The van der Waals surface area contributed by atoms with Crippen LogP contribution in [0.2, 0.25) is 0 Å². The Morgan fingerprint density at radius 3 is 2.77 bits per heavy atom. The largest absolute Gasteiger partial charge is 0.497 e. The number of anilines is 2. The first-order chi connectivity index (χ1) is 15.2. The van der Waals surface area contributed by atoms with E-state index in [0.717, 1.165) is 35.4 Å². The lowest BCUT2D eigenvalue weighted by Crippen LogP contribution is -2.16. The highest BCUT2D eigenvalue weighted by Crippen LogP contribution is 2.39. The van der Waals surface area contributed by atoms with Crippen molar-refractivity contribution in [1.29, 1.82) is 0 Å². The molecular weight excluding hydrogens is 410 g/mol. The Morgan fingerprint density at radius 2 is 2.00 bits per heavy atom. The van der Waals surface area contributed by atoms with Crippen LogP contribution in [-0.2, 0) is 19.4 Å². The van der Waals surface area contributed by atoms with Crippen LogP contribution in [0.25, 0.3) is 0 Å². The quantitative estimate of drug-likeness (QED) is 0.491. The van der Waals surface area contributed by atoms with Gasteiger partial charge in [-0.25, -0.2) is 0 Å². The summed E-state index contributed by atoms with van der Waals surface area (Å²) in [7, 11) is 3.20. The van der Waals surface area contributed by atoms with Crippen molar-refractivity contribution in [3.8, 4) is 11.5 Å². The Morgan fingerprint density at radius 1 is 1.13 bits per heavy atom. The molecule has 7 heteroatoms. The molecule has 1 aliphatic rings. The number of pyridine rings is 1. The van der Waals surface area contributed by atoms with Gasteiger partial charge in [-0.15, -0.1) is 11.3 Å². The highest BCUT2D eigenvalue weighted by molar-refractivity contribution is 7.16. The number of nitrogens with one attached hydrogen (secondary N) is 2. The van der Waals surface area contributed by atoms with Gasteiger partial charge < -0.3 is 20.1 Å². The van der Waals surface area contributed by atoms with Crippen LogP contribution in [0.5, 0.6) is 11.5 Å². The molecule has 2 heterocycles. The van der Waals surface area contributed by atoms with E-state index in [2.05, 4.69) is 15.6 Å². The predicted octanol–water partition coefficient (Wildman–Crippen LogP) is 5.29. The second-order valence-corrected chi connectivity index (χ2v) is 8.61. The number of benzene rings is 1. The standard InChI is InChI=1S/C24H27N3O3S/c1-29-17-10-11-20(30-2)19(13-17)27-23(28)22-18-8-4-3-5-9-21(18)31-24(22)26-15-16-7-6-12-25-14-16/h6-7,10-14,26H,3-5,8-9,15H2,1-2H3,(H,27,28).